The van der Waals surface area contributed by atoms with E-state index >= 15 is 0 Å². The summed E-state index contributed by atoms with van der Waals surface area (Å²) in [6, 6.07) is 5.91. The van der Waals surface area contributed by atoms with Gasteiger partial charge in [0, 0.05) is 0 Å². The molecule has 0 saturated heterocycles. The predicted molar refractivity (Wildman–Crippen MR) is 56.2 cm³/mol. The van der Waals surface area contributed by atoms with Gasteiger partial charge in [0.1, 0.15) is 0 Å². The number of hydrogen-bond donors (Lipinski definition) is 1. The van der Waals surface area contributed by atoms with Gasteiger partial charge >= 0.3 is 0 Å². The van der Waals surface area contributed by atoms with Crippen molar-refractivity contribution in [3.8, 4) is 0 Å². The number of hydrogen-bond acceptors (Lipinski definition) is 1. The van der Waals surface area contributed by atoms with Crippen molar-refractivity contribution in [1.82, 2.24) is 0 Å². The summed E-state index contributed by atoms with van der Waals surface area (Å²) in [5.74, 6) is 0. The summed E-state index contributed by atoms with van der Waals surface area (Å²) in [7, 11) is 0. The minimum atomic E-state index is -0.569. The molecule has 0 bridgehead atoms. The number of rotatable bonds is 2. The second-order valence-electron chi connectivity index (χ2n) is 3.47. The second kappa shape index (κ2) is 4.12. The summed E-state index contributed by atoms with van der Waals surface area (Å²) in [6.07, 6.45) is -0.569. The topological polar surface area (TPSA) is 20.2 Å². The molecule has 0 saturated carbocycles. The van der Waals surface area contributed by atoms with E-state index in [9.17, 15) is 5.11 Å². The largest absolute Gasteiger partial charge is 0.387 e. The first-order valence-electron chi connectivity index (χ1n) is 4.41. The molecule has 1 aromatic rings. The first-order valence-corrected chi connectivity index (χ1v) is 4.85. The third-order valence-corrected chi connectivity index (χ3v) is 2.55. The highest BCUT2D eigenvalue weighted by Gasteiger charge is 2.13. The highest BCUT2D eigenvalue weighted by molar-refractivity contribution is 6.20. The lowest BCUT2D eigenvalue weighted by molar-refractivity contribution is 0.177. The Balaban J connectivity index is 2.97. The molecule has 2 unspecified atom stereocenters. The normalized spacial score (nSPS) is 15.5. The van der Waals surface area contributed by atoms with E-state index in [2.05, 4.69) is 6.92 Å². The first kappa shape index (κ1) is 10.6. The minimum absolute atomic E-state index is 0.248. The lowest BCUT2D eigenvalue weighted by Gasteiger charge is -2.14. The van der Waals surface area contributed by atoms with Crippen LogP contribution < -0.4 is 0 Å². The smallest absolute Gasteiger partial charge is 0.0950 e. The highest BCUT2D eigenvalue weighted by atomic mass is 35.5. The fourth-order valence-electron chi connectivity index (χ4n) is 1.21. The van der Waals surface area contributed by atoms with Crippen LogP contribution in [0, 0.1) is 13.8 Å². The average molecular weight is 199 g/mol. The van der Waals surface area contributed by atoms with Gasteiger partial charge in [0.2, 0.25) is 0 Å². The van der Waals surface area contributed by atoms with Gasteiger partial charge in [-0.2, -0.15) is 0 Å². The Labute approximate surface area is 84.4 Å². The summed E-state index contributed by atoms with van der Waals surface area (Å²) in [5, 5.41) is 9.43. The van der Waals surface area contributed by atoms with Crippen LogP contribution in [-0.4, -0.2) is 10.5 Å². The molecule has 0 radical (unpaired) electrons. The molecular formula is C11H15ClO. The van der Waals surface area contributed by atoms with Gasteiger partial charge in [-0.05, 0) is 37.5 Å². The van der Waals surface area contributed by atoms with Crippen molar-refractivity contribution in [3.63, 3.8) is 0 Å². The molecule has 0 spiro atoms. The van der Waals surface area contributed by atoms with E-state index in [1.54, 1.807) is 6.92 Å². The van der Waals surface area contributed by atoms with E-state index in [1.807, 2.05) is 25.1 Å². The van der Waals surface area contributed by atoms with E-state index in [4.69, 9.17) is 11.6 Å². The van der Waals surface area contributed by atoms with E-state index < -0.39 is 6.10 Å². The van der Waals surface area contributed by atoms with Crippen molar-refractivity contribution in [2.45, 2.75) is 32.3 Å². The molecule has 13 heavy (non-hydrogen) atoms. The lowest BCUT2D eigenvalue weighted by Crippen LogP contribution is -2.08. The molecule has 0 aliphatic rings. The lowest BCUT2D eigenvalue weighted by atomic mass is 10.0. The van der Waals surface area contributed by atoms with Crippen molar-refractivity contribution in [3.05, 3.63) is 34.9 Å². The molecule has 1 N–H and O–H groups in total. The van der Waals surface area contributed by atoms with Crippen molar-refractivity contribution in [2.75, 3.05) is 0 Å². The van der Waals surface area contributed by atoms with Crippen molar-refractivity contribution in [1.29, 1.82) is 0 Å². The summed E-state index contributed by atoms with van der Waals surface area (Å²) in [5.41, 5.74) is 3.32. The van der Waals surface area contributed by atoms with Crippen LogP contribution in [0.1, 0.15) is 29.7 Å². The van der Waals surface area contributed by atoms with Crippen molar-refractivity contribution >= 4 is 11.6 Å². The summed E-state index contributed by atoms with van der Waals surface area (Å²) in [4.78, 5) is 0. The van der Waals surface area contributed by atoms with Crippen LogP contribution in [-0.2, 0) is 0 Å². The zero-order valence-electron chi connectivity index (χ0n) is 8.21. The van der Waals surface area contributed by atoms with Crippen LogP contribution in [0.3, 0.4) is 0 Å². The molecular weight excluding hydrogens is 184 g/mol. The summed E-state index contributed by atoms with van der Waals surface area (Å²) >= 11 is 5.80. The Hall–Kier alpha value is -0.530. The zero-order valence-corrected chi connectivity index (χ0v) is 8.97. The minimum Gasteiger partial charge on any atom is -0.387 e. The van der Waals surface area contributed by atoms with E-state index in [1.165, 1.54) is 11.1 Å². The highest BCUT2D eigenvalue weighted by Crippen LogP contribution is 2.22. The van der Waals surface area contributed by atoms with Crippen LogP contribution in [0.25, 0.3) is 0 Å². The number of aliphatic hydroxyl groups excluding tert-OH is 1. The average Bonchev–Trinajstić information content (AvgIpc) is 2.08. The van der Waals surface area contributed by atoms with Gasteiger partial charge in [0.05, 0.1) is 11.5 Å². The van der Waals surface area contributed by atoms with Crippen LogP contribution in [0.15, 0.2) is 18.2 Å². The Bertz CT molecular complexity index is 294. The Morgan fingerprint density at radius 1 is 1.23 bits per heavy atom. The third kappa shape index (κ3) is 2.45. The van der Waals surface area contributed by atoms with Crippen LogP contribution in [0.5, 0.6) is 0 Å². The molecule has 1 rings (SSSR count). The Morgan fingerprint density at radius 2 is 1.85 bits per heavy atom. The third-order valence-electron chi connectivity index (χ3n) is 2.31. The molecule has 0 fully saturated rings. The van der Waals surface area contributed by atoms with E-state index in [0.717, 1.165) is 5.56 Å². The fraction of sp³-hybridized carbons (Fsp3) is 0.455. The SMILES string of the molecule is Cc1ccc(C(O)C(C)Cl)cc1C. The molecule has 1 nitrogen and oxygen atoms in total. The number of aryl methyl sites for hydroxylation is 2. The van der Waals surface area contributed by atoms with Crippen LogP contribution in [0.2, 0.25) is 0 Å². The van der Waals surface area contributed by atoms with Gasteiger partial charge in [-0.3, -0.25) is 0 Å². The Morgan fingerprint density at radius 3 is 2.31 bits per heavy atom. The predicted octanol–water partition coefficient (Wildman–Crippen LogP) is 2.96. The quantitative estimate of drug-likeness (QED) is 0.725. The van der Waals surface area contributed by atoms with Gasteiger partial charge < -0.3 is 5.11 Å². The van der Waals surface area contributed by atoms with Crippen LogP contribution in [0.4, 0.5) is 0 Å². The summed E-state index contributed by atoms with van der Waals surface area (Å²) in [6.45, 7) is 5.88. The van der Waals surface area contributed by atoms with Crippen molar-refractivity contribution in [2.24, 2.45) is 0 Å². The molecule has 72 valence electrons. The van der Waals surface area contributed by atoms with Gasteiger partial charge in [-0.1, -0.05) is 18.2 Å². The fourth-order valence-corrected chi connectivity index (χ4v) is 1.36. The number of halogens is 1. The number of aliphatic hydroxyl groups is 1. The number of benzene rings is 1. The van der Waals surface area contributed by atoms with Crippen LogP contribution >= 0.6 is 11.6 Å². The zero-order chi connectivity index (χ0) is 10.0. The molecule has 0 aliphatic carbocycles. The molecule has 0 aliphatic heterocycles. The molecule has 0 amide bonds. The maximum Gasteiger partial charge on any atom is 0.0950 e. The second-order valence-corrected chi connectivity index (χ2v) is 4.15. The van der Waals surface area contributed by atoms with E-state index in [0.29, 0.717) is 0 Å². The van der Waals surface area contributed by atoms with Gasteiger partial charge in [0.25, 0.3) is 0 Å². The molecule has 2 atom stereocenters. The van der Waals surface area contributed by atoms with E-state index in [-0.39, 0.29) is 5.38 Å². The number of alkyl halides is 1. The maximum atomic E-state index is 9.68. The van der Waals surface area contributed by atoms with Gasteiger partial charge in [-0.25, -0.2) is 0 Å². The molecule has 0 aromatic heterocycles. The van der Waals surface area contributed by atoms with Gasteiger partial charge in [-0.15, -0.1) is 11.6 Å². The monoisotopic (exact) mass is 198 g/mol. The van der Waals surface area contributed by atoms with Crippen molar-refractivity contribution < 1.29 is 5.11 Å². The molecule has 1 aromatic carbocycles. The van der Waals surface area contributed by atoms with Gasteiger partial charge in [0.15, 0.2) is 0 Å². The molecule has 0 heterocycles. The molecule has 2 heteroatoms. The maximum absolute atomic E-state index is 9.68. The summed E-state index contributed by atoms with van der Waals surface area (Å²) < 4.78 is 0. The standard InChI is InChI=1S/C11H15ClO/c1-7-4-5-10(6-8(7)2)11(13)9(3)12/h4-6,9,11,13H,1-3H3. The first-order chi connectivity index (χ1) is 6.02. The Kier molecular flexibility index (Phi) is 3.34.